The molecule has 17 heavy (non-hydrogen) atoms. The Morgan fingerprint density at radius 3 is 2.71 bits per heavy atom. The number of nitrogens with zero attached hydrogens (tertiary/aromatic N) is 2. The van der Waals surface area contributed by atoms with E-state index >= 15 is 0 Å². The zero-order chi connectivity index (χ0) is 13.1. The summed E-state index contributed by atoms with van der Waals surface area (Å²) in [6, 6.07) is 0. The summed E-state index contributed by atoms with van der Waals surface area (Å²) in [5, 5.41) is 7.13. The molecular formula is C12H22N4O. The van der Waals surface area contributed by atoms with Crippen molar-refractivity contribution in [2.75, 3.05) is 6.54 Å². The lowest BCUT2D eigenvalue weighted by molar-refractivity contribution is 0.0919. The van der Waals surface area contributed by atoms with E-state index in [1.807, 2.05) is 32.4 Å². The molecule has 0 aliphatic heterocycles. The summed E-state index contributed by atoms with van der Waals surface area (Å²) in [6.07, 6.45) is 2.48. The first-order chi connectivity index (χ1) is 7.85. The second-order valence-corrected chi connectivity index (χ2v) is 5.21. The van der Waals surface area contributed by atoms with Crippen molar-refractivity contribution in [2.45, 2.75) is 46.2 Å². The number of hydrogen-bond donors (Lipinski definition) is 2. The lowest BCUT2D eigenvalue weighted by Gasteiger charge is -2.20. The molecule has 1 aromatic rings. The normalized spacial score (nSPS) is 11.6. The van der Waals surface area contributed by atoms with E-state index < -0.39 is 0 Å². The van der Waals surface area contributed by atoms with Crippen LogP contribution in [0.5, 0.6) is 0 Å². The second kappa shape index (κ2) is 5.31. The van der Waals surface area contributed by atoms with Crippen LogP contribution in [-0.2, 0) is 6.54 Å². The van der Waals surface area contributed by atoms with Crippen LogP contribution >= 0.6 is 0 Å². The van der Waals surface area contributed by atoms with Crippen LogP contribution in [0, 0.1) is 6.92 Å². The van der Waals surface area contributed by atoms with E-state index in [4.69, 9.17) is 5.73 Å². The number of nitrogens with two attached hydrogens (primary N) is 1. The standard InChI is InChI=1S/C12H22N4O/c1-9-10(11(17)15-12(2,3)4)8-14-16(9)7-5-6-13/h8H,5-7,13H2,1-4H3,(H,15,17). The Bertz CT molecular complexity index is 390. The summed E-state index contributed by atoms with van der Waals surface area (Å²) < 4.78 is 1.82. The Morgan fingerprint density at radius 1 is 1.53 bits per heavy atom. The summed E-state index contributed by atoms with van der Waals surface area (Å²) in [5.41, 5.74) is 6.75. The molecular weight excluding hydrogens is 216 g/mol. The van der Waals surface area contributed by atoms with Gasteiger partial charge in [0, 0.05) is 17.8 Å². The summed E-state index contributed by atoms with van der Waals surface area (Å²) in [5.74, 6) is -0.0750. The maximum absolute atomic E-state index is 12.0. The van der Waals surface area contributed by atoms with Crippen LogP contribution in [0.1, 0.15) is 43.2 Å². The summed E-state index contributed by atoms with van der Waals surface area (Å²) in [6.45, 7) is 9.16. The number of aromatic nitrogens is 2. The molecule has 3 N–H and O–H groups in total. The number of nitrogens with one attached hydrogen (secondary N) is 1. The average molecular weight is 238 g/mol. The Hall–Kier alpha value is -1.36. The minimum absolute atomic E-state index is 0.0750. The molecule has 0 fully saturated rings. The number of amides is 1. The van der Waals surface area contributed by atoms with Crippen molar-refractivity contribution >= 4 is 5.91 Å². The third-order valence-electron chi connectivity index (χ3n) is 2.41. The van der Waals surface area contributed by atoms with Gasteiger partial charge >= 0.3 is 0 Å². The molecule has 0 bridgehead atoms. The predicted molar refractivity (Wildman–Crippen MR) is 67.9 cm³/mol. The summed E-state index contributed by atoms with van der Waals surface area (Å²) in [7, 11) is 0. The first-order valence-corrected chi connectivity index (χ1v) is 5.90. The van der Waals surface area contributed by atoms with Crippen LogP contribution in [0.3, 0.4) is 0 Å². The Morgan fingerprint density at radius 2 is 2.18 bits per heavy atom. The first kappa shape index (κ1) is 13.7. The van der Waals surface area contributed by atoms with Gasteiger partial charge in [0.15, 0.2) is 0 Å². The maximum atomic E-state index is 12.0. The highest BCUT2D eigenvalue weighted by molar-refractivity contribution is 5.95. The first-order valence-electron chi connectivity index (χ1n) is 5.90. The van der Waals surface area contributed by atoms with Crippen LogP contribution in [0.15, 0.2) is 6.20 Å². The Kier molecular flexibility index (Phi) is 4.28. The molecule has 0 spiro atoms. The van der Waals surface area contributed by atoms with Crippen LogP contribution in [0.4, 0.5) is 0 Å². The molecule has 0 unspecified atom stereocenters. The molecule has 0 aliphatic rings. The number of aryl methyl sites for hydroxylation is 1. The lowest BCUT2D eigenvalue weighted by atomic mass is 10.1. The van der Waals surface area contributed by atoms with Gasteiger partial charge in [0.25, 0.3) is 5.91 Å². The predicted octanol–water partition coefficient (Wildman–Crippen LogP) is 1.07. The van der Waals surface area contributed by atoms with E-state index in [-0.39, 0.29) is 11.4 Å². The van der Waals surface area contributed by atoms with Crippen LogP contribution < -0.4 is 11.1 Å². The quantitative estimate of drug-likeness (QED) is 0.824. The summed E-state index contributed by atoms with van der Waals surface area (Å²) in [4.78, 5) is 12.0. The van der Waals surface area contributed by atoms with Crippen LogP contribution in [-0.4, -0.2) is 27.8 Å². The monoisotopic (exact) mass is 238 g/mol. The van der Waals surface area contributed by atoms with Crippen molar-refractivity contribution in [3.63, 3.8) is 0 Å². The number of carbonyl (C=O) groups excluding carboxylic acids is 1. The van der Waals surface area contributed by atoms with Gasteiger partial charge in [-0.15, -0.1) is 0 Å². The second-order valence-electron chi connectivity index (χ2n) is 5.21. The van der Waals surface area contributed by atoms with E-state index in [9.17, 15) is 4.79 Å². The topological polar surface area (TPSA) is 72.9 Å². The minimum atomic E-state index is -0.233. The lowest BCUT2D eigenvalue weighted by Crippen LogP contribution is -2.40. The zero-order valence-corrected chi connectivity index (χ0v) is 11.1. The fourth-order valence-corrected chi connectivity index (χ4v) is 1.54. The number of hydrogen-bond acceptors (Lipinski definition) is 3. The van der Waals surface area contributed by atoms with Gasteiger partial charge in [-0.25, -0.2) is 0 Å². The number of rotatable bonds is 4. The molecule has 0 atom stereocenters. The van der Waals surface area contributed by atoms with Crippen molar-refractivity contribution in [3.05, 3.63) is 17.5 Å². The highest BCUT2D eigenvalue weighted by Crippen LogP contribution is 2.10. The fourth-order valence-electron chi connectivity index (χ4n) is 1.54. The van der Waals surface area contributed by atoms with Gasteiger partial charge in [0.2, 0.25) is 0 Å². The van der Waals surface area contributed by atoms with Gasteiger partial charge in [-0.3, -0.25) is 9.48 Å². The molecule has 0 radical (unpaired) electrons. The van der Waals surface area contributed by atoms with E-state index in [1.165, 1.54) is 0 Å². The van der Waals surface area contributed by atoms with E-state index in [0.29, 0.717) is 12.1 Å². The molecule has 0 saturated heterocycles. The SMILES string of the molecule is Cc1c(C(=O)NC(C)(C)C)cnn1CCCN. The summed E-state index contributed by atoms with van der Waals surface area (Å²) >= 11 is 0. The third kappa shape index (κ3) is 3.85. The van der Waals surface area contributed by atoms with Gasteiger partial charge in [-0.2, -0.15) is 5.10 Å². The van der Waals surface area contributed by atoms with Gasteiger partial charge < -0.3 is 11.1 Å². The van der Waals surface area contributed by atoms with Gasteiger partial charge in [0.05, 0.1) is 11.8 Å². The molecule has 0 saturated carbocycles. The highest BCUT2D eigenvalue weighted by Gasteiger charge is 2.19. The minimum Gasteiger partial charge on any atom is -0.347 e. The molecule has 96 valence electrons. The molecule has 5 heteroatoms. The fraction of sp³-hybridized carbons (Fsp3) is 0.667. The third-order valence-corrected chi connectivity index (χ3v) is 2.41. The van der Waals surface area contributed by atoms with E-state index in [1.54, 1.807) is 6.20 Å². The molecule has 1 rings (SSSR count). The zero-order valence-electron chi connectivity index (χ0n) is 11.1. The maximum Gasteiger partial charge on any atom is 0.255 e. The van der Waals surface area contributed by atoms with Crippen molar-refractivity contribution in [1.29, 1.82) is 0 Å². The van der Waals surface area contributed by atoms with Gasteiger partial charge in [0.1, 0.15) is 0 Å². The van der Waals surface area contributed by atoms with Crippen molar-refractivity contribution in [1.82, 2.24) is 15.1 Å². The number of carbonyl (C=O) groups is 1. The molecule has 0 aromatic carbocycles. The molecule has 5 nitrogen and oxygen atoms in total. The van der Waals surface area contributed by atoms with Crippen LogP contribution in [0.25, 0.3) is 0 Å². The van der Waals surface area contributed by atoms with Crippen LogP contribution in [0.2, 0.25) is 0 Å². The van der Waals surface area contributed by atoms with Gasteiger partial charge in [-0.05, 0) is 40.7 Å². The molecule has 0 aliphatic carbocycles. The average Bonchev–Trinajstić information content (AvgIpc) is 2.54. The smallest absolute Gasteiger partial charge is 0.255 e. The Balaban J connectivity index is 2.78. The molecule has 1 aromatic heterocycles. The van der Waals surface area contributed by atoms with Crippen molar-refractivity contribution in [3.8, 4) is 0 Å². The highest BCUT2D eigenvalue weighted by atomic mass is 16.1. The van der Waals surface area contributed by atoms with Gasteiger partial charge in [-0.1, -0.05) is 0 Å². The van der Waals surface area contributed by atoms with Crippen molar-refractivity contribution in [2.24, 2.45) is 5.73 Å². The molecule has 1 amide bonds. The Labute approximate surface area is 102 Å². The van der Waals surface area contributed by atoms with E-state index in [0.717, 1.165) is 18.7 Å². The van der Waals surface area contributed by atoms with E-state index in [2.05, 4.69) is 10.4 Å². The largest absolute Gasteiger partial charge is 0.347 e. The van der Waals surface area contributed by atoms with Crippen molar-refractivity contribution < 1.29 is 4.79 Å². The molecule has 1 heterocycles.